The lowest BCUT2D eigenvalue weighted by Gasteiger charge is -2.19. The van der Waals surface area contributed by atoms with E-state index in [2.05, 4.69) is 31.9 Å². The van der Waals surface area contributed by atoms with Crippen molar-refractivity contribution < 1.29 is 9.32 Å². The summed E-state index contributed by atoms with van der Waals surface area (Å²) in [6, 6.07) is 5.78. The van der Waals surface area contributed by atoms with Gasteiger partial charge in [-0.15, -0.1) is 0 Å². The predicted molar refractivity (Wildman–Crippen MR) is 73.3 cm³/mol. The molecule has 3 heterocycles. The molecule has 1 aliphatic rings. The van der Waals surface area contributed by atoms with Crippen molar-refractivity contribution >= 4 is 11.7 Å². The summed E-state index contributed by atoms with van der Waals surface area (Å²) in [5.41, 5.74) is 1.52. The maximum Gasteiger partial charge on any atom is 0.275 e. The molecule has 2 aromatic rings. The van der Waals surface area contributed by atoms with Gasteiger partial charge in [-0.05, 0) is 44.1 Å². The summed E-state index contributed by atoms with van der Waals surface area (Å²) in [7, 11) is 2.10. The van der Waals surface area contributed by atoms with Crippen LogP contribution in [0.5, 0.6) is 0 Å². The molecule has 0 radical (unpaired) electrons. The smallest absolute Gasteiger partial charge is 0.275 e. The minimum atomic E-state index is -0.276. The Morgan fingerprint density at radius 1 is 1.50 bits per heavy atom. The molecule has 0 bridgehead atoms. The van der Waals surface area contributed by atoms with Crippen molar-refractivity contribution in [2.45, 2.75) is 18.9 Å². The first kappa shape index (κ1) is 12.8. The molecule has 1 fully saturated rings. The predicted octanol–water partition coefficient (Wildman–Crippen LogP) is 2.09. The van der Waals surface area contributed by atoms with Gasteiger partial charge in [0.05, 0.1) is 0 Å². The van der Waals surface area contributed by atoms with Gasteiger partial charge < -0.3 is 9.84 Å². The van der Waals surface area contributed by atoms with Crippen LogP contribution in [0, 0.1) is 0 Å². The van der Waals surface area contributed by atoms with Gasteiger partial charge >= 0.3 is 0 Å². The molecule has 1 atom stereocenters. The minimum Gasteiger partial charge on any atom is -0.363 e. The maximum atomic E-state index is 12.1. The van der Waals surface area contributed by atoms with E-state index in [9.17, 15) is 4.79 Å². The quantitative estimate of drug-likeness (QED) is 0.926. The van der Waals surface area contributed by atoms with E-state index >= 15 is 0 Å². The maximum absolute atomic E-state index is 12.1. The first-order chi connectivity index (χ1) is 9.74. The number of amides is 1. The largest absolute Gasteiger partial charge is 0.363 e. The number of pyridine rings is 1. The zero-order valence-electron chi connectivity index (χ0n) is 11.2. The Hall–Kier alpha value is -2.21. The molecule has 1 aliphatic heterocycles. The molecule has 20 heavy (non-hydrogen) atoms. The second-order valence-corrected chi connectivity index (χ2v) is 4.95. The number of carbonyl (C=O) groups is 1. The summed E-state index contributed by atoms with van der Waals surface area (Å²) in [6.07, 6.45) is 5.39. The fourth-order valence-corrected chi connectivity index (χ4v) is 2.57. The molecule has 0 saturated carbocycles. The van der Waals surface area contributed by atoms with Gasteiger partial charge in [0, 0.05) is 18.3 Å². The van der Waals surface area contributed by atoms with E-state index in [1.54, 1.807) is 12.3 Å². The molecule has 1 unspecified atom stereocenters. The molecule has 1 amide bonds. The highest BCUT2D eigenvalue weighted by Gasteiger charge is 2.23. The number of hydrogen-bond acceptors (Lipinski definition) is 5. The zero-order valence-corrected chi connectivity index (χ0v) is 11.2. The van der Waals surface area contributed by atoms with Crippen LogP contribution in [-0.4, -0.2) is 34.5 Å². The van der Waals surface area contributed by atoms with E-state index in [0.29, 0.717) is 17.6 Å². The Balaban J connectivity index is 1.78. The Morgan fingerprint density at radius 3 is 3.10 bits per heavy atom. The highest BCUT2D eigenvalue weighted by Crippen LogP contribution is 2.30. The first-order valence-corrected chi connectivity index (χ1v) is 6.62. The lowest BCUT2D eigenvalue weighted by molar-refractivity contribution is 0.102. The molecule has 0 aliphatic carbocycles. The van der Waals surface area contributed by atoms with E-state index in [4.69, 9.17) is 0 Å². The fourth-order valence-electron chi connectivity index (χ4n) is 2.57. The van der Waals surface area contributed by atoms with Crippen LogP contribution in [0.4, 0.5) is 5.82 Å². The van der Waals surface area contributed by atoms with Gasteiger partial charge in [-0.2, -0.15) is 0 Å². The monoisotopic (exact) mass is 272 g/mol. The van der Waals surface area contributed by atoms with Crippen LogP contribution >= 0.6 is 0 Å². The van der Waals surface area contributed by atoms with E-state index in [1.165, 1.54) is 12.7 Å². The molecule has 6 heteroatoms. The number of nitrogens with one attached hydrogen (secondary N) is 1. The van der Waals surface area contributed by atoms with Gasteiger partial charge in [0.1, 0.15) is 12.0 Å². The number of likely N-dealkylation sites (tertiary alicyclic amines) is 1. The van der Waals surface area contributed by atoms with Crippen molar-refractivity contribution in [1.29, 1.82) is 0 Å². The average Bonchev–Trinajstić information content (AvgIpc) is 3.10. The molecule has 1 N–H and O–H groups in total. The highest BCUT2D eigenvalue weighted by molar-refractivity contribution is 6.02. The Bertz CT molecular complexity index is 597. The molecule has 0 aromatic carbocycles. The molecule has 2 aromatic heterocycles. The second kappa shape index (κ2) is 5.42. The number of aromatic nitrogens is 2. The zero-order chi connectivity index (χ0) is 13.9. The van der Waals surface area contributed by atoms with Crippen molar-refractivity contribution in [3.63, 3.8) is 0 Å². The van der Waals surface area contributed by atoms with Crippen LogP contribution in [0.1, 0.15) is 34.9 Å². The third-order valence-electron chi connectivity index (χ3n) is 3.60. The topological polar surface area (TPSA) is 71.3 Å². The molecule has 6 nitrogen and oxygen atoms in total. The Labute approximate surface area is 116 Å². The standard InChI is InChI=1S/C14H16N4O2/c1-18-7-2-3-12(18)10-4-6-15-11(9-10)14(19)16-13-5-8-20-17-13/h4-6,8-9,12H,2-3,7H2,1H3,(H,16,17,19). The van der Waals surface area contributed by atoms with Crippen molar-refractivity contribution in [2.75, 3.05) is 18.9 Å². The number of anilines is 1. The summed E-state index contributed by atoms with van der Waals surface area (Å²) in [4.78, 5) is 18.5. The molecule has 1 saturated heterocycles. The van der Waals surface area contributed by atoms with Crippen LogP contribution < -0.4 is 5.32 Å². The van der Waals surface area contributed by atoms with Gasteiger partial charge in [-0.1, -0.05) is 5.16 Å². The van der Waals surface area contributed by atoms with Gasteiger partial charge in [-0.3, -0.25) is 14.7 Å². The van der Waals surface area contributed by atoms with E-state index in [-0.39, 0.29) is 5.91 Å². The Morgan fingerprint density at radius 2 is 2.40 bits per heavy atom. The highest BCUT2D eigenvalue weighted by atomic mass is 16.5. The van der Waals surface area contributed by atoms with E-state index in [1.807, 2.05) is 12.1 Å². The van der Waals surface area contributed by atoms with Crippen molar-refractivity contribution in [3.05, 3.63) is 41.9 Å². The third-order valence-corrected chi connectivity index (χ3v) is 3.60. The molecular formula is C14H16N4O2. The summed E-state index contributed by atoms with van der Waals surface area (Å²) in [6.45, 7) is 1.09. The lowest BCUT2D eigenvalue weighted by Crippen LogP contribution is -2.19. The SMILES string of the molecule is CN1CCCC1c1ccnc(C(=O)Nc2ccon2)c1. The second-order valence-electron chi connectivity index (χ2n) is 4.95. The normalized spacial score (nSPS) is 19.1. The van der Waals surface area contributed by atoms with Crippen LogP contribution in [0.25, 0.3) is 0 Å². The van der Waals surface area contributed by atoms with Gasteiger partial charge in [0.25, 0.3) is 5.91 Å². The number of carbonyl (C=O) groups excluding carboxylic acids is 1. The first-order valence-electron chi connectivity index (χ1n) is 6.62. The van der Waals surface area contributed by atoms with Crippen LogP contribution in [0.3, 0.4) is 0 Å². The molecule has 104 valence electrons. The van der Waals surface area contributed by atoms with Gasteiger partial charge in [0.2, 0.25) is 0 Å². The number of nitrogens with zero attached hydrogens (tertiary/aromatic N) is 3. The molecular weight excluding hydrogens is 256 g/mol. The fraction of sp³-hybridized carbons (Fsp3) is 0.357. The van der Waals surface area contributed by atoms with E-state index < -0.39 is 0 Å². The summed E-state index contributed by atoms with van der Waals surface area (Å²) in [5, 5.41) is 6.30. The van der Waals surface area contributed by atoms with Gasteiger partial charge in [0.15, 0.2) is 5.82 Å². The summed E-state index contributed by atoms with van der Waals surface area (Å²) >= 11 is 0. The molecule has 3 rings (SSSR count). The summed E-state index contributed by atoms with van der Waals surface area (Å²) < 4.78 is 4.68. The van der Waals surface area contributed by atoms with Crippen LogP contribution in [0.15, 0.2) is 35.2 Å². The average molecular weight is 272 g/mol. The van der Waals surface area contributed by atoms with Crippen molar-refractivity contribution in [2.24, 2.45) is 0 Å². The summed E-state index contributed by atoms with van der Waals surface area (Å²) in [5.74, 6) is 0.113. The van der Waals surface area contributed by atoms with Crippen LogP contribution in [0.2, 0.25) is 0 Å². The Kier molecular flexibility index (Phi) is 3.47. The molecule has 0 spiro atoms. The third kappa shape index (κ3) is 2.55. The minimum absolute atomic E-state index is 0.276. The van der Waals surface area contributed by atoms with Crippen LogP contribution in [-0.2, 0) is 0 Å². The van der Waals surface area contributed by atoms with Crippen molar-refractivity contribution in [1.82, 2.24) is 15.0 Å². The van der Waals surface area contributed by atoms with Crippen molar-refractivity contribution in [3.8, 4) is 0 Å². The van der Waals surface area contributed by atoms with Gasteiger partial charge in [-0.25, -0.2) is 0 Å². The lowest BCUT2D eigenvalue weighted by atomic mass is 10.1. The van der Waals surface area contributed by atoms with E-state index in [0.717, 1.165) is 18.5 Å². The number of hydrogen-bond donors (Lipinski definition) is 1. The number of rotatable bonds is 3.